The van der Waals surface area contributed by atoms with Crippen molar-refractivity contribution in [3.05, 3.63) is 60.6 Å². The summed E-state index contributed by atoms with van der Waals surface area (Å²) in [7, 11) is 0. The first-order chi connectivity index (χ1) is 9.34. The number of benzene rings is 1. The van der Waals surface area contributed by atoms with Crippen molar-refractivity contribution in [2.45, 2.75) is 6.61 Å². The van der Waals surface area contributed by atoms with E-state index in [2.05, 4.69) is 10.1 Å². The maximum Gasteiger partial charge on any atom is 0.435 e. The number of pyridine rings is 1. The van der Waals surface area contributed by atoms with Gasteiger partial charge in [0.25, 0.3) is 0 Å². The molecule has 0 N–H and O–H groups in total. The number of hydrogen-bond acceptors (Lipinski definition) is 4. The van der Waals surface area contributed by atoms with Crippen LogP contribution in [0.25, 0.3) is 10.9 Å². The number of carbonyl (C=O) groups excluding carboxylic acids is 1. The Hall–Kier alpha value is -2.69. The van der Waals surface area contributed by atoms with Crippen LogP contribution in [-0.4, -0.2) is 20.9 Å². The van der Waals surface area contributed by atoms with Crippen molar-refractivity contribution >= 4 is 17.0 Å². The first-order valence-electron chi connectivity index (χ1n) is 5.83. The zero-order valence-electron chi connectivity index (χ0n) is 10.1. The molecule has 2 aromatic heterocycles. The van der Waals surface area contributed by atoms with Gasteiger partial charge in [0.05, 0.1) is 11.7 Å². The third-order valence-electron chi connectivity index (χ3n) is 2.74. The fourth-order valence-corrected chi connectivity index (χ4v) is 1.81. The molecule has 0 aliphatic heterocycles. The minimum atomic E-state index is -0.495. The molecule has 3 rings (SSSR count). The average molecular weight is 253 g/mol. The average Bonchev–Trinajstić information content (AvgIpc) is 2.90. The number of para-hydroxylation sites is 1. The monoisotopic (exact) mass is 253 g/mol. The molecule has 0 aliphatic carbocycles. The maximum atomic E-state index is 12.0. The second-order valence-corrected chi connectivity index (χ2v) is 4.03. The van der Waals surface area contributed by atoms with Crippen LogP contribution < -0.4 is 0 Å². The molecular weight excluding hydrogens is 242 g/mol. The highest BCUT2D eigenvalue weighted by Gasteiger charge is 2.11. The van der Waals surface area contributed by atoms with Crippen LogP contribution in [0.3, 0.4) is 0 Å². The molecule has 19 heavy (non-hydrogen) atoms. The fourth-order valence-electron chi connectivity index (χ4n) is 1.81. The molecule has 5 nitrogen and oxygen atoms in total. The molecule has 0 bridgehead atoms. The van der Waals surface area contributed by atoms with Crippen molar-refractivity contribution in [2.75, 3.05) is 0 Å². The van der Waals surface area contributed by atoms with Gasteiger partial charge in [-0.3, -0.25) is 4.98 Å². The van der Waals surface area contributed by atoms with Crippen molar-refractivity contribution in [3.8, 4) is 0 Å². The molecule has 0 fully saturated rings. The van der Waals surface area contributed by atoms with E-state index in [9.17, 15) is 4.79 Å². The Morgan fingerprint density at radius 2 is 2.05 bits per heavy atom. The molecular formula is C14H11N3O2. The lowest BCUT2D eigenvalue weighted by atomic mass is 10.3. The van der Waals surface area contributed by atoms with Gasteiger partial charge in [-0.05, 0) is 12.1 Å². The smallest absolute Gasteiger partial charge is 0.435 e. The number of nitrogens with zero attached hydrogens (tertiary/aromatic N) is 3. The van der Waals surface area contributed by atoms with Crippen LogP contribution in [0.1, 0.15) is 5.56 Å². The highest BCUT2D eigenvalue weighted by Crippen LogP contribution is 2.13. The Morgan fingerprint density at radius 3 is 2.89 bits per heavy atom. The number of carbonyl (C=O) groups is 1. The molecule has 1 aromatic carbocycles. The molecule has 2 heterocycles. The van der Waals surface area contributed by atoms with E-state index >= 15 is 0 Å². The summed E-state index contributed by atoms with van der Waals surface area (Å²) in [5.74, 6) is 0. The van der Waals surface area contributed by atoms with Gasteiger partial charge in [-0.2, -0.15) is 9.78 Å². The summed E-state index contributed by atoms with van der Waals surface area (Å²) in [5, 5.41) is 4.94. The lowest BCUT2D eigenvalue weighted by Crippen LogP contribution is -2.14. The molecule has 0 aliphatic rings. The Labute approximate surface area is 109 Å². The van der Waals surface area contributed by atoms with Crippen molar-refractivity contribution in [1.82, 2.24) is 14.8 Å². The minimum Gasteiger partial charge on any atom is -0.443 e. The van der Waals surface area contributed by atoms with Gasteiger partial charge >= 0.3 is 6.09 Å². The van der Waals surface area contributed by atoms with Gasteiger partial charge in [-0.1, -0.05) is 24.3 Å². The molecule has 3 aromatic rings. The Balaban J connectivity index is 1.77. The first-order valence-corrected chi connectivity index (χ1v) is 5.83. The zero-order chi connectivity index (χ0) is 13.1. The Kier molecular flexibility index (Phi) is 2.94. The van der Waals surface area contributed by atoms with Crippen LogP contribution in [0.5, 0.6) is 0 Å². The normalized spacial score (nSPS) is 10.5. The van der Waals surface area contributed by atoms with E-state index in [-0.39, 0.29) is 6.61 Å². The molecule has 0 saturated heterocycles. The summed E-state index contributed by atoms with van der Waals surface area (Å²) in [5.41, 5.74) is 1.57. The quantitative estimate of drug-likeness (QED) is 0.704. The second-order valence-electron chi connectivity index (χ2n) is 4.03. The summed E-state index contributed by atoms with van der Waals surface area (Å²) < 4.78 is 6.46. The number of hydrogen-bond donors (Lipinski definition) is 0. The van der Waals surface area contributed by atoms with Gasteiger partial charge in [0.1, 0.15) is 6.61 Å². The minimum absolute atomic E-state index is 0.181. The van der Waals surface area contributed by atoms with Gasteiger partial charge in [0.2, 0.25) is 0 Å². The molecule has 5 heteroatoms. The predicted molar refractivity (Wildman–Crippen MR) is 69.6 cm³/mol. The largest absolute Gasteiger partial charge is 0.443 e. The summed E-state index contributed by atoms with van der Waals surface area (Å²) in [6.07, 6.45) is 4.48. The number of rotatable bonds is 2. The van der Waals surface area contributed by atoms with Crippen molar-refractivity contribution in [3.63, 3.8) is 0 Å². The lowest BCUT2D eigenvalue weighted by Gasteiger charge is -2.04. The molecule has 0 spiro atoms. The number of ether oxygens (including phenoxy) is 1. The van der Waals surface area contributed by atoms with E-state index in [1.165, 1.54) is 4.68 Å². The molecule has 0 atom stereocenters. The molecule has 0 saturated carbocycles. The van der Waals surface area contributed by atoms with E-state index in [4.69, 9.17) is 4.74 Å². The van der Waals surface area contributed by atoms with Crippen molar-refractivity contribution in [1.29, 1.82) is 0 Å². The van der Waals surface area contributed by atoms with Crippen molar-refractivity contribution in [2.24, 2.45) is 0 Å². The lowest BCUT2D eigenvalue weighted by molar-refractivity contribution is 0.139. The molecule has 0 unspecified atom stereocenters. The summed E-state index contributed by atoms with van der Waals surface area (Å²) in [6, 6.07) is 11.1. The van der Waals surface area contributed by atoms with Crippen LogP contribution in [0, 0.1) is 0 Å². The second kappa shape index (κ2) is 4.89. The Bertz CT molecular complexity index is 707. The third kappa shape index (κ3) is 2.30. The van der Waals surface area contributed by atoms with Crippen molar-refractivity contribution < 1.29 is 9.53 Å². The van der Waals surface area contributed by atoms with Crippen LogP contribution in [0.2, 0.25) is 0 Å². The maximum absolute atomic E-state index is 12.0. The Morgan fingerprint density at radius 1 is 1.16 bits per heavy atom. The summed E-state index contributed by atoms with van der Waals surface area (Å²) >= 11 is 0. The van der Waals surface area contributed by atoms with Crippen LogP contribution >= 0.6 is 0 Å². The van der Waals surface area contributed by atoms with E-state index in [0.29, 0.717) is 0 Å². The highest BCUT2D eigenvalue weighted by atomic mass is 16.6. The van der Waals surface area contributed by atoms with Crippen LogP contribution in [0.15, 0.2) is 55.0 Å². The van der Waals surface area contributed by atoms with Gasteiger partial charge in [0, 0.05) is 23.3 Å². The van der Waals surface area contributed by atoms with E-state index in [1.54, 1.807) is 24.7 Å². The van der Waals surface area contributed by atoms with Gasteiger partial charge in [-0.25, -0.2) is 4.79 Å². The standard InChI is InChI=1S/C14H11N3O2/c18-14(19-10-11-4-3-7-15-8-11)17-13-6-2-1-5-12(13)9-16-17/h1-9H,10H2. The number of aromatic nitrogens is 3. The van der Waals surface area contributed by atoms with Gasteiger partial charge < -0.3 is 4.74 Å². The summed E-state index contributed by atoms with van der Waals surface area (Å²) in [6.45, 7) is 0.181. The fraction of sp³-hybridized carbons (Fsp3) is 0.0714. The topological polar surface area (TPSA) is 57.0 Å². The third-order valence-corrected chi connectivity index (χ3v) is 2.74. The summed E-state index contributed by atoms with van der Waals surface area (Å²) in [4.78, 5) is 15.9. The molecule has 94 valence electrons. The van der Waals surface area contributed by atoms with E-state index in [0.717, 1.165) is 16.5 Å². The van der Waals surface area contributed by atoms with Crippen LogP contribution in [-0.2, 0) is 11.3 Å². The van der Waals surface area contributed by atoms with E-state index in [1.807, 2.05) is 30.3 Å². The molecule has 0 amide bonds. The molecule has 0 radical (unpaired) electrons. The van der Waals surface area contributed by atoms with Crippen LogP contribution in [0.4, 0.5) is 4.79 Å². The number of fused-ring (bicyclic) bond motifs is 1. The van der Waals surface area contributed by atoms with Gasteiger partial charge in [0.15, 0.2) is 0 Å². The SMILES string of the molecule is O=C(OCc1cccnc1)n1ncc2ccccc21. The van der Waals surface area contributed by atoms with E-state index < -0.39 is 6.09 Å². The van der Waals surface area contributed by atoms with Gasteiger partial charge in [-0.15, -0.1) is 0 Å². The highest BCUT2D eigenvalue weighted by molar-refractivity contribution is 5.87. The predicted octanol–water partition coefficient (Wildman–Crippen LogP) is 2.62. The zero-order valence-corrected chi connectivity index (χ0v) is 10.1. The first kappa shape index (κ1) is 11.4.